The number of benzene rings is 3. The van der Waals surface area contributed by atoms with E-state index in [1.54, 1.807) is 61.3 Å². The molecule has 10 heteroatoms. The highest BCUT2D eigenvalue weighted by molar-refractivity contribution is 7.22. The summed E-state index contributed by atoms with van der Waals surface area (Å²) in [6, 6.07) is 21.1. The van der Waals surface area contributed by atoms with Crippen LogP contribution in [0.5, 0.6) is 11.5 Å². The van der Waals surface area contributed by atoms with E-state index < -0.39 is 28.8 Å². The minimum Gasteiger partial charge on any atom is -0.497 e. The normalized spacial score (nSPS) is 12.6. The molecule has 0 saturated heterocycles. The minimum absolute atomic E-state index is 0.150. The Morgan fingerprint density at radius 2 is 1.48 bits per heavy atom. The number of thiophene rings is 1. The molecule has 0 unspecified atom stereocenters. The lowest BCUT2D eigenvalue weighted by Crippen LogP contribution is -2.30. The molecule has 6 rings (SSSR count). The molecule has 2 amide bonds. The van der Waals surface area contributed by atoms with Gasteiger partial charge in [-0.15, -0.1) is 11.3 Å². The summed E-state index contributed by atoms with van der Waals surface area (Å²) >= 11 is 1.29. The molecular formula is C32H24N2O7S. The van der Waals surface area contributed by atoms with Crippen LogP contribution in [-0.4, -0.2) is 46.6 Å². The third-order valence-corrected chi connectivity index (χ3v) is 8.63. The van der Waals surface area contributed by atoms with Crippen molar-refractivity contribution >= 4 is 39.3 Å². The van der Waals surface area contributed by atoms with E-state index in [-0.39, 0.29) is 29.6 Å². The van der Waals surface area contributed by atoms with Crippen LogP contribution in [0.15, 0.2) is 83.8 Å². The topological polar surface area (TPSA) is 115 Å². The van der Waals surface area contributed by atoms with E-state index in [2.05, 4.69) is 0 Å². The van der Waals surface area contributed by atoms with Crippen LogP contribution in [0.2, 0.25) is 0 Å². The second kappa shape index (κ2) is 10.6. The van der Waals surface area contributed by atoms with Crippen LogP contribution in [0.3, 0.4) is 0 Å². The summed E-state index contributed by atoms with van der Waals surface area (Å²) in [5.41, 5.74) is 1.38. The molecule has 0 bridgehead atoms. The van der Waals surface area contributed by atoms with E-state index in [1.165, 1.54) is 17.5 Å². The highest BCUT2D eigenvalue weighted by Gasteiger charge is 2.37. The maximum absolute atomic E-state index is 13.8. The van der Waals surface area contributed by atoms with Crippen LogP contribution in [0, 0.1) is 0 Å². The van der Waals surface area contributed by atoms with Crippen LogP contribution >= 0.6 is 11.3 Å². The number of rotatable bonds is 8. The summed E-state index contributed by atoms with van der Waals surface area (Å²) in [6.45, 7) is 0.0107. The van der Waals surface area contributed by atoms with Crippen molar-refractivity contribution in [1.29, 1.82) is 0 Å². The van der Waals surface area contributed by atoms with Gasteiger partial charge in [-0.1, -0.05) is 30.3 Å². The molecule has 210 valence electrons. The van der Waals surface area contributed by atoms with Crippen LogP contribution < -0.4 is 14.9 Å². The van der Waals surface area contributed by atoms with Gasteiger partial charge in [0.1, 0.15) is 21.9 Å². The number of carboxylic acid groups (broad SMARTS) is 1. The van der Waals surface area contributed by atoms with Crippen LogP contribution in [-0.2, 0) is 13.1 Å². The second-order valence-electron chi connectivity index (χ2n) is 9.68. The Labute approximate surface area is 243 Å². The predicted molar refractivity (Wildman–Crippen MR) is 158 cm³/mol. The average molecular weight is 581 g/mol. The fourth-order valence-electron chi connectivity index (χ4n) is 5.25. The fourth-order valence-corrected chi connectivity index (χ4v) is 6.54. The van der Waals surface area contributed by atoms with Crippen molar-refractivity contribution in [2.75, 3.05) is 14.2 Å². The van der Waals surface area contributed by atoms with Crippen molar-refractivity contribution in [1.82, 2.24) is 9.47 Å². The zero-order chi connectivity index (χ0) is 29.5. The average Bonchev–Trinajstić information content (AvgIpc) is 3.51. The van der Waals surface area contributed by atoms with Gasteiger partial charge in [0.2, 0.25) is 5.43 Å². The molecule has 5 aromatic rings. The molecule has 3 aromatic carbocycles. The molecule has 9 nitrogen and oxygen atoms in total. The van der Waals surface area contributed by atoms with Gasteiger partial charge in [0.05, 0.1) is 43.8 Å². The third kappa shape index (κ3) is 4.42. The highest BCUT2D eigenvalue weighted by Crippen LogP contribution is 2.40. The molecule has 0 radical (unpaired) electrons. The van der Waals surface area contributed by atoms with Crippen LogP contribution in [0.25, 0.3) is 20.7 Å². The van der Waals surface area contributed by atoms with E-state index in [1.807, 2.05) is 30.3 Å². The number of amides is 2. The first-order valence-electron chi connectivity index (χ1n) is 13.0. The molecule has 42 heavy (non-hydrogen) atoms. The van der Waals surface area contributed by atoms with Crippen molar-refractivity contribution in [3.05, 3.63) is 117 Å². The van der Waals surface area contributed by atoms with Gasteiger partial charge >= 0.3 is 5.97 Å². The molecule has 1 N–H and O–H groups in total. The number of hydrogen-bond acceptors (Lipinski definition) is 7. The van der Waals surface area contributed by atoms with E-state index >= 15 is 0 Å². The molecule has 2 aromatic heterocycles. The number of para-hydroxylation sites is 1. The number of carbonyl (C=O) groups is 3. The Balaban J connectivity index is 1.60. The predicted octanol–water partition coefficient (Wildman–Crippen LogP) is 5.29. The lowest BCUT2D eigenvalue weighted by molar-refractivity contribution is 0.0639. The third-order valence-electron chi connectivity index (χ3n) is 7.32. The molecule has 3 heterocycles. The summed E-state index contributed by atoms with van der Waals surface area (Å²) in [5.74, 6) is -1.08. The first-order chi connectivity index (χ1) is 20.3. The number of imide groups is 1. The summed E-state index contributed by atoms with van der Waals surface area (Å²) in [4.78, 5) is 55.0. The number of fused-ring (bicyclic) bond motifs is 2. The van der Waals surface area contributed by atoms with Crippen molar-refractivity contribution in [3.8, 4) is 21.9 Å². The SMILES string of the molecule is COc1ccc(-c2sc3c(c2CN2C(=O)c4ccccc4C2=O)c(=O)c(C(=O)O)cn3Cc2ccccc2OC)cc1. The molecule has 0 atom stereocenters. The number of aromatic carboxylic acids is 1. The highest BCUT2D eigenvalue weighted by atomic mass is 32.1. The maximum atomic E-state index is 13.8. The van der Waals surface area contributed by atoms with Gasteiger partial charge in [0.25, 0.3) is 11.8 Å². The summed E-state index contributed by atoms with van der Waals surface area (Å²) in [7, 11) is 3.11. The summed E-state index contributed by atoms with van der Waals surface area (Å²) < 4.78 is 12.5. The minimum atomic E-state index is -1.38. The van der Waals surface area contributed by atoms with E-state index in [0.717, 1.165) is 16.0 Å². The number of ether oxygens (including phenoxy) is 2. The summed E-state index contributed by atoms with van der Waals surface area (Å²) in [5, 5.41) is 10.2. The van der Waals surface area contributed by atoms with E-state index in [0.29, 0.717) is 26.8 Å². The zero-order valence-corrected chi connectivity index (χ0v) is 23.4. The fraction of sp³-hybridized carbons (Fsp3) is 0.125. The van der Waals surface area contributed by atoms with Crippen LogP contribution in [0.1, 0.15) is 42.2 Å². The lowest BCUT2D eigenvalue weighted by atomic mass is 10.0. The van der Waals surface area contributed by atoms with Gasteiger partial charge in [0, 0.05) is 22.2 Å². The molecule has 0 fully saturated rings. The van der Waals surface area contributed by atoms with Gasteiger partial charge in [0.15, 0.2) is 0 Å². The zero-order valence-electron chi connectivity index (χ0n) is 22.6. The smallest absolute Gasteiger partial charge is 0.341 e. The monoisotopic (exact) mass is 580 g/mol. The van der Waals surface area contributed by atoms with Gasteiger partial charge < -0.3 is 19.1 Å². The number of aromatic nitrogens is 1. The number of nitrogens with zero attached hydrogens (tertiary/aromatic N) is 2. The van der Waals surface area contributed by atoms with Crippen molar-refractivity contribution < 1.29 is 29.0 Å². The Kier molecular flexibility index (Phi) is 6.83. The largest absolute Gasteiger partial charge is 0.497 e. The first-order valence-corrected chi connectivity index (χ1v) is 13.8. The van der Waals surface area contributed by atoms with Gasteiger partial charge in [-0.25, -0.2) is 4.79 Å². The first kappa shape index (κ1) is 27.0. The Morgan fingerprint density at radius 3 is 2.10 bits per heavy atom. The van der Waals surface area contributed by atoms with Crippen molar-refractivity contribution in [2.45, 2.75) is 13.1 Å². The number of pyridine rings is 1. The number of methoxy groups -OCH3 is 2. The number of hydrogen-bond donors (Lipinski definition) is 1. The standard InChI is InChI=1S/C32H24N2O7S/c1-40-20-13-11-18(12-14-20)28-23(17-34-29(36)21-8-4-5-9-22(21)30(34)37)26-27(35)24(32(38)39)16-33(31(26)42-28)15-19-7-3-6-10-25(19)41-2/h3-14,16H,15,17H2,1-2H3,(H,38,39). The molecule has 0 saturated carbocycles. The van der Waals surface area contributed by atoms with Gasteiger partial charge in [-0.2, -0.15) is 0 Å². The number of carboxylic acids is 1. The van der Waals surface area contributed by atoms with Crippen molar-refractivity contribution in [2.24, 2.45) is 0 Å². The maximum Gasteiger partial charge on any atom is 0.341 e. The van der Waals surface area contributed by atoms with E-state index in [9.17, 15) is 24.3 Å². The Bertz CT molecular complexity index is 1920. The van der Waals surface area contributed by atoms with Gasteiger partial charge in [-0.3, -0.25) is 19.3 Å². The molecular weight excluding hydrogens is 556 g/mol. The Morgan fingerprint density at radius 1 is 0.833 bits per heavy atom. The van der Waals surface area contributed by atoms with E-state index in [4.69, 9.17) is 9.47 Å². The molecule has 1 aliphatic rings. The Hall–Kier alpha value is -5.22. The molecule has 0 aliphatic carbocycles. The van der Waals surface area contributed by atoms with Crippen LogP contribution in [0.4, 0.5) is 0 Å². The summed E-state index contributed by atoms with van der Waals surface area (Å²) in [6.07, 6.45) is 1.33. The quantitative estimate of drug-likeness (QED) is 0.248. The van der Waals surface area contributed by atoms with Crippen molar-refractivity contribution in [3.63, 3.8) is 0 Å². The number of carbonyl (C=O) groups excluding carboxylic acids is 2. The molecule has 1 aliphatic heterocycles. The van der Waals surface area contributed by atoms with Gasteiger partial charge in [-0.05, 0) is 48.0 Å². The lowest BCUT2D eigenvalue weighted by Gasteiger charge is -2.16. The second-order valence-corrected chi connectivity index (χ2v) is 10.7. The molecule has 0 spiro atoms.